The Bertz CT molecular complexity index is 963. The van der Waals surface area contributed by atoms with Crippen molar-refractivity contribution in [3.05, 3.63) is 63.3 Å². The lowest BCUT2D eigenvalue weighted by atomic mass is 10.0. The van der Waals surface area contributed by atoms with Gasteiger partial charge < -0.3 is 5.32 Å². The zero-order valence-corrected chi connectivity index (χ0v) is 15.7. The Morgan fingerprint density at radius 1 is 1.31 bits per heavy atom. The predicted octanol–water partition coefficient (Wildman–Crippen LogP) is 3.87. The SMILES string of the molecule is CCCNC(=O)c1cnn2c(C)c(Cc3c(F)cccc3Cl)c(C)nc12. The summed E-state index contributed by atoms with van der Waals surface area (Å²) in [6.45, 7) is 6.31. The predicted molar refractivity (Wildman–Crippen MR) is 99.3 cm³/mol. The largest absolute Gasteiger partial charge is 0.352 e. The quantitative estimate of drug-likeness (QED) is 0.737. The van der Waals surface area contributed by atoms with E-state index < -0.39 is 0 Å². The van der Waals surface area contributed by atoms with E-state index >= 15 is 0 Å². The van der Waals surface area contributed by atoms with Crippen molar-refractivity contribution >= 4 is 23.2 Å². The smallest absolute Gasteiger partial charge is 0.256 e. The Balaban J connectivity index is 2.05. The molecule has 0 aliphatic carbocycles. The van der Waals surface area contributed by atoms with Crippen LogP contribution in [0.1, 0.15) is 46.2 Å². The van der Waals surface area contributed by atoms with Crippen LogP contribution in [0.5, 0.6) is 0 Å². The molecule has 1 aromatic carbocycles. The molecular formula is C19H20ClFN4O. The summed E-state index contributed by atoms with van der Waals surface area (Å²) in [5.41, 5.74) is 3.72. The molecule has 1 amide bonds. The maximum atomic E-state index is 14.2. The second-order valence-electron chi connectivity index (χ2n) is 6.19. The molecule has 26 heavy (non-hydrogen) atoms. The Kier molecular flexibility index (Phi) is 5.23. The highest BCUT2D eigenvalue weighted by molar-refractivity contribution is 6.31. The number of aromatic nitrogens is 3. The number of hydrogen-bond donors (Lipinski definition) is 1. The maximum absolute atomic E-state index is 14.2. The van der Waals surface area contributed by atoms with Crippen molar-refractivity contribution in [2.75, 3.05) is 6.54 Å². The molecule has 7 heteroatoms. The van der Waals surface area contributed by atoms with E-state index in [1.54, 1.807) is 16.6 Å². The third-order valence-corrected chi connectivity index (χ3v) is 4.76. The molecule has 0 fully saturated rings. The summed E-state index contributed by atoms with van der Waals surface area (Å²) in [6.07, 6.45) is 2.67. The number of carbonyl (C=O) groups excluding carboxylic acids is 1. The first-order valence-electron chi connectivity index (χ1n) is 8.49. The van der Waals surface area contributed by atoms with E-state index in [-0.39, 0.29) is 11.7 Å². The highest BCUT2D eigenvalue weighted by atomic mass is 35.5. The van der Waals surface area contributed by atoms with Gasteiger partial charge in [0, 0.05) is 34.9 Å². The first kappa shape index (κ1) is 18.3. The summed E-state index contributed by atoms with van der Waals surface area (Å²) < 4.78 is 15.8. The lowest BCUT2D eigenvalue weighted by Gasteiger charge is -2.13. The molecule has 0 saturated carbocycles. The third kappa shape index (κ3) is 3.29. The van der Waals surface area contributed by atoms with Gasteiger partial charge in [-0.3, -0.25) is 4.79 Å². The summed E-state index contributed by atoms with van der Waals surface area (Å²) >= 11 is 6.16. The molecule has 3 rings (SSSR count). The molecule has 0 radical (unpaired) electrons. The molecule has 5 nitrogen and oxygen atoms in total. The number of nitrogens with one attached hydrogen (secondary N) is 1. The van der Waals surface area contributed by atoms with Gasteiger partial charge in [-0.1, -0.05) is 24.6 Å². The Hall–Kier alpha value is -2.47. The van der Waals surface area contributed by atoms with Gasteiger partial charge >= 0.3 is 0 Å². The monoisotopic (exact) mass is 374 g/mol. The average molecular weight is 375 g/mol. The minimum absolute atomic E-state index is 0.196. The van der Waals surface area contributed by atoms with Crippen LogP contribution in [-0.2, 0) is 6.42 Å². The summed E-state index contributed by atoms with van der Waals surface area (Å²) in [4.78, 5) is 16.9. The lowest BCUT2D eigenvalue weighted by Crippen LogP contribution is -2.24. The van der Waals surface area contributed by atoms with E-state index in [4.69, 9.17) is 11.6 Å². The Labute approximate surface area is 156 Å². The first-order valence-corrected chi connectivity index (χ1v) is 8.86. The number of halogens is 2. The van der Waals surface area contributed by atoms with E-state index in [9.17, 15) is 9.18 Å². The number of hydrogen-bond acceptors (Lipinski definition) is 3. The first-order chi connectivity index (χ1) is 12.4. The van der Waals surface area contributed by atoms with Crippen LogP contribution in [-0.4, -0.2) is 27.0 Å². The zero-order valence-electron chi connectivity index (χ0n) is 14.9. The fourth-order valence-electron chi connectivity index (χ4n) is 2.94. The minimum Gasteiger partial charge on any atom is -0.352 e. The second-order valence-corrected chi connectivity index (χ2v) is 6.59. The van der Waals surface area contributed by atoms with Gasteiger partial charge in [0.15, 0.2) is 5.65 Å². The molecule has 0 bridgehead atoms. The Morgan fingerprint density at radius 2 is 2.08 bits per heavy atom. The average Bonchev–Trinajstić information content (AvgIpc) is 3.02. The lowest BCUT2D eigenvalue weighted by molar-refractivity contribution is 0.0955. The van der Waals surface area contributed by atoms with Crippen molar-refractivity contribution in [3.8, 4) is 0 Å². The normalized spacial score (nSPS) is 11.1. The van der Waals surface area contributed by atoms with Crippen LogP contribution in [0.25, 0.3) is 5.65 Å². The van der Waals surface area contributed by atoms with Gasteiger partial charge in [0.05, 0.1) is 6.20 Å². The number of rotatable bonds is 5. The standard InChI is InChI=1S/C19H20ClFN4O/c1-4-8-22-19(26)15-10-23-25-12(3)13(11(2)24-18(15)25)9-14-16(20)6-5-7-17(14)21/h5-7,10H,4,8-9H2,1-3H3,(H,22,26). The van der Waals surface area contributed by atoms with Crippen LogP contribution in [0.2, 0.25) is 5.02 Å². The van der Waals surface area contributed by atoms with Crippen LogP contribution < -0.4 is 5.32 Å². The number of carbonyl (C=O) groups is 1. The minimum atomic E-state index is -0.350. The second kappa shape index (κ2) is 7.41. The Morgan fingerprint density at radius 3 is 2.77 bits per heavy atom. The van der Waals surface area contributed by atoms with E-state index in [2.05, 4.69) is 15.4 Å². The molecule has 2 heterocycles. The molecule has 0 aliphatic rings. The van der Waals surface area contributed by atoms with Crippen molar-refractivity contribution in [3.63, 3.8) is 0 Å². The van der Waals surface area contributed by atoms with Gasteiger partial charge in [-0.25, -0.2) is 13.9 Å². The fraction of sp³-hybridized carbons (Fsp3) is 0.316. The number of aryl methyl sites for hydroxylation is 2. The fourth-order valence-corrected chi connectivity index (χ4v) is 3.17. The van der Waals surface area contributed by atoms with Gasteiger partial charge in [0.1, 0.15) is 11.4 Å². The van der Waals surface area contributed by atoms with Crippen molar-refractivity contribution in [1.29, 1.82) is 0 Å². The molecule has 0 atom stereocenters. The molecule has 136 valence electrons. The molecule has 1 N–H and O–H groups in total. The third-order valence-electron chi connectivity index (χ3n) is 4.40. The van der Waals surface area contributed by atoms with Crippen LogP contribution in [0.15, 0.2) is 24.4 Å². The van der Waals surface area contributed by atoms with Gasteiger partial charge in [-0.2, -0.15) is 5.10 Å². The molecular weight excluding hydrogens is 355 g/mol. The molecule has 0 aliphatic heterocycles. The topological polar surface area (TPSA) is 59.3 Å². The maximum Gasteiger partial charge on any atom is 0.256 e. The molecule has 3 aromatic rings. The van der Waals surface area contributed by atoms with Crippen LogP contribution in [0.3, 0.4) is 0 Å². The molecule has 0 unspecified atom stereocenters. The van der Waals surface area contributed by atoms with Gasteiger partial charge in [-0.05, 0) is 38.0 Å². The molecule has 0 saturated heterocycles. The summed E-state index contributed by atoms with van der Waals surface area (Å²) in [5.74, 6) is -0.547. The van der Waals surface area contributed by atoms with Crippen molar-refractivity contribution in [2.24, 2.45) is 0 Å². The zero-order chi connectivity index (χ0) is 18.8. The summed E-state index contributed by atoms with van der Waals surface area (Å²) in [5, 5.41) is 7.52. The van der Waals surface area contributed by atoms with Gasteiger partial charge in [-0.15, -0.1) is 0 Å². The molecule has 2 aromatic heterocycles. The van der Waals surface area contributed by atoms with Crippen molar-refractivity contribution < 1.29 is 9.18 Å². The number of nitrogens with zero attached hydrogens (tertiary/aromatic N) is 3. The van der Waals surface area contributed by atoms with Gasteiger partial charge in [0.25, 0.3) is 5.91 Å². The number of amides is 1. The summed E-state index contributed by atoms with van der Waals surface area (Å²) in [6, 6.07) is 4.64. The highest BCUT2D eigenvalue weighted by Crippen LogP contribution is 2.26. The van der Waals surface area contributed by atoms with E-state index in [0.29, 0.717) is 34.8 Å². The van der Waals surface area contributed by atoms with Crippen LogP contribution in [0, 0.1) is 19.7 Å². The van der Waals surface area contributed by atoms with Gasteiger partial charge in [0.2, 0.25) is 0 Å². The van der Waals surface area contributed by atoms with Crippen LogP contribution >= 0.6 is 11.6 Å². The van der Waals surface area contributed by atoms with Crippen molar-refractivity contribution in [1.82, 2.24) is 19.9 Å². The summed E-state index contributed by atoms with van der Waals surface area (Å²) in [7, 11) is 0. The highest BCUT2D eigenvalue weighted by Gasteiger charge is 2.19. The van der Waals surface area contributed by atoms with Crippen molar-refractivity contribution in [2.45, 2.75) is 33.6 Å². The van der Waals surface area contributed by atoms with Crippen LogP contribution in [0.4, 0.5) is 4.39 Å². The van der Waals surface area contributed by atoms with E-state index in [1.807, 2.05) is 20.8 Å². The number of benzene rings is 1. The number of fused-ring (bicyclic) bond motifs is 1. The molecule has 0 spiro atoms. The van der Waals surface area contributed by atoms with E-state index in [1.165, 1.54) is 12.3 Å². The van der Waals surface area contributed by atoms with E-state index in [0.717, 1.165) is 23.4 Å².